The van der Waals surface area contributed by atoms with E-state index in [0.717, 1.165) is 0 Å². The molecule has 1 aromatic carbocycles. The van der Waals surface area contributed by atoms with Gasteiger partial charge in [0, 0.05) is 17.8 Å². The Morgan fingerprint density at radius 3 is 2.50 bits per heavy atom. The van der Waals surface area contributed by atoms with E-state index in [9.17, 15) is 9.59 Å². The fourth-order valence-electron chi connectivity index (χ4n) is 1.43. The van der Waals surface area contributed by atoms with Crippen LogP contribution in [0.2, 0.25) is 0 Å². The molecule has 20 heavy (non-hydrogen) atoms. The van der Waals surface area contributed by atoms with Gasteiger partial charge in [0.2, 0.25) is 0 Å². The van der Waals surface area contributed by atoms with Crippen molar-refractivity contribution in [3.8, 4) is 11.5 Å². The molecule has 0 fully saturated rings. The largest absolute Gasteiger partial charge is 0.493 e. The number of hydrogen-bond donors (Lipinski definition) is 1. The van der Waals surface area contributed by atoms with Crippen molar-refractivity contribution < 1.29 is 23.8 Å². The highest BCUT2D eigenvalue weighted by Gasteiger charge is 2.08. The van der Waals surface area contributed by atoms with Crippen LogP contribution in [0.25, 0.3) is 0 Å². The fraction of sp³-hybridized carbons (Fsp3) is 0.286. The van der Waals surface area contributed by atoms with Gasteiger partial charge in [-0.25, -0.2) is 4.79 Å². The molecule has 0 aliphatic carbocycles. The molecule has 1 rings (SSSR count). The lowest BCUT2D eigenvalue weighted by Gasteiger charge is -2.10. The second-order valence-corrected chi connectivity index (χ2v) is 3.73. The Balaban J connectivity index is 2.60. The Bertz CT molecular complexity index is 510. The molecular formula is C14H17NO5. The summed E-state index contributed by atoms with van der Waals surface area (Å²) < 4.78 is 14.9. The Hall–Kier alpha value is -2.50. The molecule has 1 N–H and O–H groups in total. The van der Waals surface area contributed by atoms with Crippen LogP contribution in [-0.2, 0) is 14.3 Å². The van der Waals surface area contributed by atoms with Crippen LogP contribution in [0.1, 0.15) is 6.92 Å². The van der Waals surface area contributed by atoms with Crippen molar-refractivity contribution in [2.45, 2.75) is 6.92 Å². The third kappa shape index (κ3) is 4.64. The number of hydrogen-bond acceptors (Lipinski definition) is 5. The van der Waals surface area contributed by atoms with Gasteiger partial charge in [0.05, 0.1) is 14.2 Å². The molecule has 0 aliphatic rings. The Morgan fingerprint density at radius 2 is 1.90 bits per heavy atom. The van der Waals surface area contributed by atoms with Crippen LogP contribution in [0, 0.1) is 0 Å². The van der Waals surface area contributed by atoms with E-state index in [1.807, 2.05) is 0 Å². The Labute approximate surface area is 117 Å². The minimum Gasteiger partial charge on any atom is -0.493 e. The molecule has 0 atom stereocenters. The SMILES string of the molecule is C/C=C/C(=O)OCC(=O)Nc1ccc(OC)c(OC)c1. The lowest BCUT2D eigenvalue weighted by molar-refractivity contribution is -0.142. The molecule has 0 bridgehead atoms. The first-order chi connectivity index (χ1) is 9.60. The molecule has 0 radical (unpaired) electrons. The predicted octanol–water partition coefficient (Wildman–Crippen LogP) is 1.76. The van der Waals surface area contributed by atoms with E-state index in [4.69, 9.17) is 14.2 Å². The summed E-state index contributed by atoms with van der Waals surface area (Å²) in [5.41, 5.74) is 0.523. The molecule has 108 valence electrons. The number of esters is 1. The standard InChI is InChI=1S/C14H17NO5/c1-4-5-14(17)20-9-13(16)15-10-6-7-11(18-2)12(8-10)19-3/h4-8H,9H2,1-3H3,(H,15,16)/b5-4+. The van der Waals surface area contributed by atoms with Crippen LogP contribution >= 0.6 is 0 Å². The van der Waals surface area contributed by atoms with Crippen LogP contribution in [-0.4, -0.2) is 32.7 Å². The average Bonchev–Trinajstić information content (AvgIpc) is 2.45. The Kier molecular flexibility index (Phi) is 6.09. The topological polar surface area (TPSA) is 73.9 Å². The second kappa shape index (κ2) is 7.83. The van der Waals surface area contributed by atoms with E-state index in [-0.39, 0.29) is 6.61 Å². The van der Waals surface area contributed by atoms with Gasteiger partial charge in [-0.05, 0) is 19.1 Å². The van der Waals surface area contributed by atoms with Gasteiger partial charge in [0.15, 0.2) is 18.1 Å². The van der Waals surface area contributed by atoms with Gasteiger partial charge >= 0.3 is 5.97 Å². The van der Waals surface area contributed by atoms with Gasteiger partial charge in [-0.2, -0.15) is 0 Å². The molecule has 0 heterocycles. The number of allylic oxidation sites excluding steroid dienone is 1. The molecule has 6 nitrogen and oxygen atoms in total. The summed E-state index contributed by atoms with van der Waals surface area (Å²) in [4.78, 5) is 22.6. The molecular weight excluding hydrogens is 262 g/mol. The molecule has 0 unspecified atom stereocenters. The van der Waals surface area contributed by atoms with E-state index in [1.54, 1.807) is 25.1 Å². The summed E-state index contributed by atoms with van der Waals surface area (Å²) >= 11 is 0. The highest BCUT2D eigenvalue weighted by Crippen LogP contribution is 2.29. The molecule has 0 aliphatic heterocycles. The van der Waals surface area contributed by atoms with Gasteiger partial charge in [0.25, 0.3) is 5.91 Å². The van der Waals surface area contributed by atoms with E-state index in [2.05, 4.69) is 5.32 Å². The van der Waals surface area contributed by atoms with E-state index >= 15 is 0 Å². The average molecular weight is 279 g/mol. The molecule has 0 aromatic heterocycles. The van der Waals surface area contributed by atoms with Crippen LogP contribution in [0.15, 0.2) is 30.4 Å². The van der Waals surface area contributed by atoms with Gasteiger partial charge in [0.1, 0.15) is 0 Å². The monoisotopic (exact) mass is 279 g/mol. The smallest absolute Gasteiger partial charge is 0.330 e. The predicted molar refractivity (Wildman–Crippen MR) is 73.9 cm³/mol. The van der Waals surface area contributed by atoms with Crippen molar-refractivity contribution in [3.63, 3.8) is 0 Å². The van der Waals surface area contributed by atoms with E-state index in [0.29, 0.717) is 17.2 Å². The van der Waals surface area contributed by atoms with Gasteiger partial charge in [-0.15, -0.1) is 0 Å². The first kappa shape index (κ1) is 15.6. The number of ether oxygens (including phenoxy) is 3. The van der Waals surface area contributed by atoms with Crippen molar-refractivity contribution in [2.75, 3.05) is 26.1 Å². The van der Waals surface area contributed by atoms with Crippen molar-refractivity contribution in [2.24, 2.45) is 0 Å². The lowest BCUT2D eigenvalue weighted by atomic mass is 10.2. The number of anilines is 1. The van der Waals surface area contributed by atoms with Crippen molar-refractivity contribution >= 4 is 17.6 Å². The zero-order chi connectivity index (χ0) is 15.0. The maximum Gasteiger partial charge on any atom is 0.330 e. The molecule has 1 aromatic rings. The summed E-state index contributed by atoms with van der Waals surface area (Å²) in [6, 6.07) is 4.94. The molecule has 0 spiro atoms. The Morgan fingerprint density at radius 1 is 1.20 bits per heavy atom. The van der Waals surface area contributed by atoms with Gasteiger partial charge in [-0.3, -0.25) is 4.79 Å². The summed E-state index contributed by atoms with van der Waals surface area (Å²) in [6.45, 7) is 1.34. The van der Waals surface area contributed by atoms with Gasteiger partial charge < -0.3 is 19.5 Å². The summed E-state index contributed by atoms with van der Waals surface area (Å²) in [7, 11) is 3.03. The number of carbonyl (C=O) groups excluding carboxylic acids is 2. The third-order valence-corrected chi connectivity index (χ3v) is 2.32. The lowest BCUT2D eigenvalue weighted by Crippen LogP contribution is -2.20. The summed E-state index contributed by atoms with van der Waals surface area (Å²) in [5.74, 6) is 0.0613. The van der Waals surface area contributed by atoms with Crippen LogP contribution in [0.4, 0.5) is 5.69 Å². The van der Waals surface area contributed by atoms with Gasteiger partial charge in [-0.1, -0.05) is 6.08 Å². The first-order valence-electron chi connectivity index (χ1n) is 5.92. The number of amides is 1. The van der Waals surface area contributed by atoms with Crippen LogP contribution in [0.3, 0.4) is 0 Å². The first-order valence-corrected chi connectivity index (χ1v) is 5.92. The summed E-state index contributed by atoms with van der Waals surface area (Å²) in [6.07, 6.45) is 2.78. The maximum atomic E-state index is 11.6. The van der Waals surface area contributed by atoms with Crippen LogP contribution in [0.5, 0.6) is 11.5 Å². The van der Waals surface area contributed by atoms with Crippen molar-refractivity contribution in [1.82, 2.24) is 0 Å². The minimum absolute atomic E-state index is 0.350. The van der Waals surface area contributed by atoms with Crippen LogP contribution < -0.4 is 14.8 Å². The van der Waals surface area contributed by atoms with Crippen molar-refractivity contribution in [3.05, 3.63) is 30.4 Å². The van der Waals surface area contributed by atoms with E-state index < -0.39 is 11.9 Å². The maximum absolute atomic E-state index is 11.6. The molecule has 6 heteroatoms. The second-order valence-electron chi connectivity index (χ2n) is 3.73. The highest BCUT2D eigenvalue weighted by atomic mass is 16.5. The number of nitrogens with one attached hydrogen (secondary N) is 1. The number of benzene rings is 1. The minimum atomic E-state index is -0.560. The summed E-state index contributed by atoms with van der Waals surface area (Å²) in [5, 5.41) is 2.59. The van der Waals surface area contributed by atoms with E-state index in [1.165, 1.54) is 26.4 Å². The highest BCUT2D eigenvalue weighted by molar-refractivity contribution is 5.94. The molecule has 1 amide bonds. The zero-order valence-electron chi connectivity index (χ0n) is 11.6. The number of methoxy groups -OCH3 is 2. The third-order valence-electron chi connectivity index (χ3n) is 2.32. The normalized spacial score (nSPS) is 10.2. The number of rotatable bonds is 6. The quantitative estimate of drug-likeness (QED) is 0.634. The number of carbonyl (C=O) groups is 2. The molecule has 0 saturated carbocycles. The fourth-order valence-corrected chi connectivity index (χ4v) is 1.43. The zero-order valence-corrected chi connectivity index (χ0v) is 11.6. The van der Waals surface area contributed by atoms with Crippen molar-refractivity contribution in [1.29, 1.82) is 0 Å². The molecule has 0 saturated heterocycles.